The molecule has 2 aromatic rings. The van der Waals surface area contributed by atoms with Crippen molar-refractivity contribution in [2.75, 3.05) is 13.2 Å². The average Bonchev–Trinajstić information content (AvgIpc) is 2.74. The van der Waals surface area contributed by atoms with Crippen LogP contribution in [-0.2, 0) is 16.1 Å². The predicted octanol–water partition coefficient (Wildman–Crippen LogP) is 5.95. The zero-order chi connectivity index (χ0) is 21.8. The highest BCUT2D eigenvalue weighted by Gasteiger charge is 2.42. The van der Waals surface area contributed by atoms with Gasteiger partial charge in [0.05, 0.1) is 5.56 Å². The number of alkyl halides is 3. The summed E-state index contributed by atoms with van der Waals surface area (Å²) in [6, 6.07) is 15.4. The summed E-state index contributed by atoms with van der Waals surface area (Å²) in [5, 5.41) is 0. The lowest BCUT2D eigenvalue weighted by molar-refractivity contribution is -0.206. The molecule has 0 saturated heterocycles. The van der Waals surface area contributed by atoms with Gasteiger partial charge in [0.1, 0.15) is 12.4 Å². The molecule has 0 saturated carbocycles. The van der Waals surface area contributed by atoms with Crippen molar-refractivity contribution in [3.05, 3.63) is 65.7 Å². The van der Waals surface area contributed by atoms with E-state index >= 15 is 0 Å². The third-order valence-electron chi connectivity index (χ3n) is 4.41. The molecule has 7 heteroatoms. The quantitative estimate of drug-likeness (QED) is 0.312. The molecule has 0 aliphatic heterocycles. The third-order valence-corrected chi connectivity index (χ3v) is 4.41. The highest BCUT2D eigenvalue weighted by molar-refractivity contribution is 5.89. The van der Waals surface area contributed by atoms with Gasteiger partial charge in [0, 0.05) is 13.2 Å². The number of hydrogen-bond acceptors (Lipinski definition) is 4. The molecular formula is C23H27F3O4. The van der Waals surface area contributed by atoms with Crippen molar-refractivity contribution >= 4 is 5.97 Å². The summed E-state index contributed by atoms with van der Waals surface area (Å²) in [5.74, 6) is -0.488. The molecule has 0 heterocycles. The van der Waals surface area contributed by atoms with Gasteiger partial charge >= 0.3 is 12.1 Å². The first-order valence-corrected chi connectivity index (χ1v) is 10.0. The molecule has 0 aromatic heterocycles. The Labute approximate surface area is 175 Å². The Morgan fingerprint density at radius 2 is 1.67 bits per heavy atom. The zero-order valence-electron chi connectivity index (χ0n) is 17.0. The van der Waals surface area contributed by atoms with E-state index in [4.69, 9.17) is 14.2 Å². The van der Waals surface area contributed by atoms with E-state index in [0.717, 1.165) is 5.56 Å². The van der Waals surface area contributed by atoms with E-state index in [9.17, 15) is 18.0 Å². The number of carbonyl (C=O) groups is 1. The molecule has 1 atom stereocenters. The van der Waals surface area contributed by atoms with Gasteiger partial charge in [-0.05, 0) is 56.0 Å². The summed E-state index contributed by atoms with van der Waals surface area (Å²) in [5.41, 5.74) is 1.03. The van der Waals surface area contributed by atoms with Crippen LogP contribution < -0.4 is 4.74 Å². The van der Waals surface area contributed by atoms with E-state index in [2.05, 4.69) is 0 Å². The second-order valence-electron chi connectivity index (χ2n) is 6.78. The van der Waals surface area contributed by atoms with E-state index in [0.29, 0.717) is 44.8 Å². The Hall–Kier alpha value is -2.54. The van der Waals surface area contributed by atoms with Gasteiger partial charge in [0.25, 0.3) is 0 Å². The summed E-state index contributed by atoms with van der Waals surface area (Å²) >= 11 is 0. The van der Waals surface area contributed by atoms with Gasteiger partial charge in [-0.25, -0.2) is 4.79 Å². The topological polar surface area (TPSA) is 44.8 Å². The standard InChI is InChI=1S/C23H27F3O4/c1-2-28-16-8-4-7-11-21(23(24,25)26)30-22(27)19-12-14-20(15-13-19)29-17-18-9-5-3-6-10-18/h3,5-6,9-10,12-15,21H,2,4,7-8,11,16-17H2,1H3/t21-/m1/s1. The Balaban J connectivity index is 1.85. The second-order valence-corrected chi connectivity index (χ2v) is 6.78. The number of esters is 1. The normalized spacial score (nSPS) is 12.4. The number of benzene rings is 2. The lowest BCUT2D eigenvalue weighted by Gasteiger charge is -2.20. The van der Waals surface area contributed by atoms with E-state index in [1.807, 2.05) is 37.3 Å². The van der Waals surface area contributed by atoms with Crippen LogP contribution in [-0.4, -0.2) is 31.5 Å². The van der Waals surface area contributed by atoms with Crippen molar-refractivity contribution in [1.82, 2.24) is 0 Å². The molecule has 164 valence electrons. The molecule has 0 aliphatic carbocycles. The number of halogens is 3. The summed E-state index contributed by atoms with van der Waals surface area (Å²) in [4.78, 5) is 12.2. The molecule has 0 fully saturated rings. The van der Waals surface area contributed by atoms with Crippen LogP contribution in [0.5, 0.6) is 5.75 Å². The van der Waals surface area contributed by atoms with E-state index in [-0.39, 0.29) is 12.0 Å². The molecule has 2 aromatic carbocycles. The third kappa shape index (κ3) is 8.45. The van der Waals surface area contributed by atoms with Crippen LogP contribution in [0.2, 0.25) is 0 Å². The number of unbranched alkanes of at least 4 members (excludes halogenated alkanes) is 2. The Morgan fingerprint density at radius 1 is 0.967 bits per heavy atom. The summed E-state index contributed by atoms with van der Waals surface area (Å²) < 4.78 is 55.2. The van der Waals surface area contributed by atoms with Crippen LogP contribution in [0, 0.1) is 0 Å². The first-order valence-electron chi connectivity index (χ1n) is 10.0. The molecule has 0 bridgehead atoms. The van der Waals surface area contributed by atoms with Crippen LogP contribution >= 0.6 is 0 Å². The molecule has 30 heavy (non-hydrogen) atoms. The van der Waals surface area contributed by atoms with Crippen molar-refractivity contribution < 1.29 is 32.2 Å². The zero-order valence-corrected chi connectivity index (χ0v) is 17.0. The maximum atomic E-state index is 13.2. The fourth-order valence-electron chi connectivity index (χ4n) is 2.77. The van der Waals surface area contributed by atoms with Gasteiger partial charge in [-0.15, -0.1) is 0 Å². The first-order chi connectivity index (χ1) is 14.4. The largest absolute Gasteiger partial charge is 0.489 e. The minimum absolute atomic E-state index is 0.0488. The fraction of sp³-hybridized carbons (Fsp3) is 0.435. The van der Waals surface area contributed by atoms with Crippen molar-refractivity contribution in [1.29, 1.82) is 0 Å². The lowest BCUT2D eigenvalue weighted by Crippen LogP contribution is -2.33. The van der Waals surface area contributed by atoms with Gasteiger partial charge in [-0.1, -0.05) is 36.8 Å². The first kappa shape index (κ1) is 23.7. The molecule has 0 N–H and O–H groups in total. The van der Waals surface area contributed by atoms with Crippen LogP contribution in [0.15, 0.2) is 54.6 Å². The Kier molecular flexibility index (Phi) is 9.67. The highest BCUT2D eigenvalue weighted by Crippen LogP contribution is 2.28. The van der Waals surface area contributed by atoms with E-state index < -0.39 is 18.2 Å². The highest BCUT2D eigenvalue weighted by atomic mass is 19.4. The second kappa shape index (κ2) is 12.2. The monoisotopic (exact) mass is 424 g/mol. The number of rotatable bonds is 12. The van der Waals surface area contributed by atoms with Crippen molar-refractivity contribution in [2.45, 2.75) is 51.5 Å². The average molecular weight is 424 g/mol. The molecule has 0 aliphatic rings. The van der Waals surface area contributed by atoms with Crippen LogP contribution in [0.1, 0.15) is 48.5 Å². The van der Waals surface area contributed by atoms with Crippen molar-refractivity contribution in [3.8, 4) is 5.75 Å². The van der Waals surface area contributed by atoms with Crippen molar-refractivity contribution in [2.24, 2.45) is 0 Å². The predicted molar refractivity (Wildman–Crippen MR) is 107 cm³/mol. The van der Waals surface area contributed by atoms with Gasteiger partial charge < -0.3 is 14.2 Å². The van der Waals surface area contributed by atoms with E-state index in [1.165, 1.54) is 24.3 Å². The van der Waals surface area contributed by atoms with Gasteiger partial charge in [-0.2, -0.15) is 13.2 Å². The Morgan fingerprint density at radius 3 is 2.30 bits per heavy atom. The summed E-state index contributed by atoms with van der Waals surface area (Å²) in [6.07, 6.45) is -5.43. The molecule has 2 rings (SSSR count). The summed E-state index contributed by atoms with van der Waals surface area (Å²) in [6.45, 7) is 3.32. The smallest absolute Gasteiger partial charge is 0.425 e. The maximum Gasteiger partial charge on any atom is 0.425 e. The molecular weight excluding hydrogens is 397 g/mol. The lowest BCUT2D eigenvalue weighted by atomic mass is 10.1. The van der Waals surface area contributed by atoms with Crippen LogP contribution in [0.4, 0.5) is 13.2 Å². The molecule has 0 spiro atoms. The Bertz CT molecular complexity index is 745. The molecule has 0 unspecified atom stereocenters. The van der Waals surface area contributed by atoms with Gasteiger partial charge in [0.2, 0.25) is 0 Å². The number of hydrogen-bond donors (Lipinski definition) is 0. The number of ether oxygens (including phenoxy) is 3. The van der Waals surface area contributed by atoms with Gasteiger partial charge in [0.15, 0.2) is 6.10 Å². The molecule has 4 nitrogen and oxygen atoms in total. The maximum absolute atomic E-state index is 13.2. The van der Waals surface area contributed by atoms with Crippen LogP contribution in [0.25, 0.3) is 0 Å². The van der Waals surface area contributed by atoms with Crippen LogP contribution in [0.3, 0.4) is 0 Å². The minimum Gasteiger partial charge on any atom is -0.489 e. The fourth-order valence-corrected chi connectivity index (χ4v) is 2.77. The van der Waals surface area contributed by atoms with Gasteiger partial charge in [-0.3, -0.25) is 0 Å². The minimum atomic E-state index is -4.60. The molecule has 0 amide bonds. The SMILES string of the molecule is CCOCCCCC[C@@H](OC(=O)c1ccc(OCc2ccccc2)cc1)C(F)(F)F. The molecule has 0 radical (unpaired) electrons. The number of carbonyl (C=O) groups excluding carboxylic acids is 1. The summed E-state index contributed by atoms with van der Waals surface area (Å²) in [7, 11) is 0. The van der Waals surface area contributed by atoms with E-state index in [1.54, 1.807) is 0 Å². The van der Waals surface area contributed by atoms with Crippen molar-refractivity contribution in [3.63, 3.8) is 0 Å².